The van der Waals surface area contributed by atoms with Crippen molar-refractivity contribution >= 4 is 29.1 Å². The van der Waals surface area contributed by atoms with E-state index in [0.29, 0.717) is 5.52 Å². The van der Waals surface area contributed by atoms with E-state index in [0.717, 1.165) is 10.6 Å². The molecule has 18 heavy (non-hydrogen) atoms. The van der Waals surface area contributed by atoms with Crippen LogP contribution in [0.4, 0.5) is 4.39 Å². The minimum Gasteiger partial charge on any atom is -0.468 e. The average Bonchev–Trinajstić information content (AvgIpc) is 2.35. The molecule has 0 fully saturated rings. The highest BCUT2D eigenvalue weighted by atomic mass is 32.1. The maximum Gasteiger partial charge on any atom is 0.325 e. The maximum atomic E-state index is 13.1. The summed E-state index contributed by atoms with van der Waals surface area (Å²) in [4.78, 5) is 26.0. The molecule has 94 valence electrons. The highest BCUT2D eigenvalue weighted by Crippen LogP contribution is 2.09. The van der Waals surface area contributed by atoms with Gasteiger partial charge in [0.1, 0.15) is 12.4 Å². The van der Waals surface area contributed by atoms with Crippen LogP contribution in [-0.2, 0) is 16.1 Å². The highest BCUT2D eigenvalue weighted by molar-refractivity contribution is 7.71. The monoisotopic (exact) mass is 268 g/mol. The first-order valence-corrected chi connectivity index (χ1v) is 5.43. The Morgan fingerprint density at radius 2 is 2.28 bits per heavy atom. The van der Waals surface area contributed by atoms with Gasteiger partial charge in [-0.15, -0.1) is 0 Å². The van der Waals surface area contributed by atoms with Gasteiger partial charge < -0.3 is 9.72 Å². The first kappa shape index (κ1) is 12.4. The van der Waals surface area contributed by atoms with Crippen LogP contribution in [0.5, 0.6) is 0 Å². The van der Waals surface area contributed by atoms with E-state index in [2.05, 4.69) is 9.72 Å². The zero-order valence-electron chi connectivity index (χ0n) is 9.40. The molecule has 7 heteroatoms. The minimum atomic E-state index is -0.604. The summed E-state index contributed by atoms with van der Waals surface area (Å²) >= 11 is 4.97. The fourth-order valence-electron chi connectivity index (χ4n) is 1.56. The molecule has 0 radical (unpaired) electrons. The molecule has 0 bridgehead atoms. The third kappa shape index (κ3) is 2.17. The van der Waals surface area contributed by atoms with E-state index in [9.17, 15) is 14.0 Å². The topological polar surface area (TPSA) is 64.1 Å². The van der Waals surface area contributed by atoms with Gasteiger partial charge in [0.05, 0.1) is 18.0 Å². The van der Waals surface area contributed by atoms with E-state index in [1.54, 1.807) is 0 Å². The van der Waals surface area contributed by atoms with Gasteiger partial charge in [0.2, 0.25) is 0 Å². The summed E-state index contributed by atoms with van der Waals surface area (Å²) in [6.07, 6.45) is 0. The van der Waals surface area contributed by atoms with Crippen molar-refractivity contribution in [2.24, 2.45) is 0 Å². The normalized spacial score (nSPS) is 10.6. The number of esters is 1. The van der Waals surface area contributed by atoms with Gasteiger partial charge in [-0.25, -0.2) is 4.39 Å². The fraction of sp³-hybridized carbons (Fsp3) is 0.182. The quantitative estimate of drug-likeness (QED) is 0.660. The Balaban J connectivity index is 2.71. The van der Waals surface area contributed by atoms with Crippen LogP contribution in [0.15, 0.2) is 23.0 Å². The number of aromatic amines is 1. The molecular formula is C11H9FN2O3S. The minimum absolute atomic E-state index is 0.0875. The lowest BCUT2D eigenvalue weighted by Crippen LogP contribution is -2.26. The lowest BCUT2D eigenvalue weighted by atomic mass is 10.2. The highest BCUT2D eigenvalue weighted by Gasteiger charge is 2.10. The van der Waals surface area contributed by atoms with E-state index in [1.165, 1.54) is 19.2 Å². The number of methoxy groups -OCH3 is 1. The second-order valence-corrected chi connectivity index (χ2v) is 3.97. The molecular weight excluding hydrogens is 259 g/mol. The number of ether oxygens (including phenoxy) is 1. The Morgan fingerprint density at radius 3 is 2.94 bits per heavy atom. The molecule has 2 aromatic rings. The van der Waals surface area contributed by atoms with E-state index in [4.69, 9.17) is 12.2 Å². The van der Waals surface area contributed by atoms with Crippen molar-refractivity contribution in [1.82, 2.24) is 9.55 Å². The Kier molecular flexibility index (Phi) is 3.24. The van der Waals surface area contributed by atoms with Crippen LogP contribution in [0.2, 0.25) is 0 Å². The van der Waals surface area contributed by atoms with Gasteiger partial charge in [0, 0.05) is 0 Å². The lowest BCUT2D eigenvalue weighted by Gasteiger charge is -2.06. The van der Waals surface area contributed by atoms with Crippen molar-refractivity contribution < 1.29 is 13.9 Å². The van der Waals surface area contributed by atoms with Crippen LogP contribution in [-0.4, -0.2) is 22.6 Å². The third-order valence-electron chi connectivity index (χ3n) is 2.46. The Hall–Kier alpha value is -2.02. The number of nitrogens with one attached hydrogen (secondary N) is 1. The molecule has 0 amide bonds. The molecule has 1 aromatic heterocycles. The summed E-state index contributed by atoms with van der Waals surface area (Å²) in [5.41, 5.74) is -0.105. The van der Waals surface area contributed by atoms with Gasteiger partial charge in [0.15, 0.2) is 4.77 Å². The van der Waals surface area contributed by atoms with Crippen LogP contribution < -0.4 is 5.56 Å². The largest absolute Gasteiger partial charge is 0.468 e. The third-order valence-corrected chi connectivity index (χ3v) is 2.78. The summed E-state index contributed by atoms with van der Waals surface area (Å²) in [5.74, 6) is -1.14. The molecule has 0 saturated carbocycles. The average molecular weight is 268 g/mol. The van der Waals surface area contributed by atoms with Crippen molar-refractivity contribution in [3.05, 3.63) is 39.1 Å². The van der Waals surface area contributed by atoms with E-state index in [1.807, 2.05) is 0 Å². The number of fused-ring (bicyclic) bond motifs is 1. The molecule has 2 rings (SSSR count). The number of aromatic nitrogens is 2. The van der Waals surface area contributed by atoms with Crippen LogP contribution in [0, 0.1) is 10.6 Å². The summed E-state index contributed by atoms with van der Waals surface area (Å²) in [6.45, 7) is -0.308. The number of nitrogens with zero attached hydrogens (tertiary/aromatic N) is 1. The Bertz CT molecular complexity index is 735. The number of benzene rings is 1. The van der Waals surface area contributed by atoms with Gasteiger partial charge >= 0.3 is 5.97 Å². The standard InChI is InChI=1S/C11H9FN2O3S/c1-17-9(15)5-14-10(16)7-4-6(12)2-3-8(7)13-11(14)18/h2-4H,5H2,1H3,(H,13,18). The van der Waals surface area contributed by atoms with Gasteiger partial charge in [-0.05, 0) is 30.4 Å². The molecule has 5 nitrogen and oxygen atoms in total. The molecule has 0 atom stereocenters. The molecule has 0 aliphatic rings. The van der Waals surface area contributed by atoms with Gasteiger partial charge in [0.25, 0.3) is 5.56 Å². The van der Waals surface area contributed by atoms with E-state index in [-0.39, 0.29) is 16.7 Å². The zero-order valence-corrected chi connectivity index (χ0v) is 10.2. The molecule has 0 spiro atoms. The molecule has 0 aliphatic heterocycles. The van der Waals surface area contributed by atoms with E-state index >= 15 is 0 Å². The molecule has 0 saturated heterocycles. The predicted octanol–water partition coefficient (Wildman–Crippen LogP) is 1.37. The molecule has 0 aliphatic carbocycles. The van der Waals surface area contributed by atoms with Crippen molar-refractivity contribution in [1.29, 1.82) is 0 Å². The number of rotatable bonds is 2. The van der Waals surface area contributed by atoms with Crippen molar-refractivity contribution in [2.45, 2.75) is 6.54 Å². The smallest absolute Gasteiger partial charge is 0.325 e. The Morgan fingerprint density at radius 1 is 1.56 bits per heavy atom. The van der Waals surface area contributed by atoms with Crippen molar-refractivity contribution in [3.8, 4) is 0 Å². The second-order valence-electron chi connectivity index (χ2n) is 3.59. The van der Waals surface area contributed by atoms with Crippen LogP contribution >= 0.6 is 12.2 Å². The summed E-state index contributed by atoms with van der Waals surface area (Å²) in [5, 5.41) is 0.132. The number of halogens is 1. The van der Waals surface area contributed by atoms with Crippen molar-refractivity contribution in [3.63, 3.8) is 0 Å². The lowest BCUT2D eigenvalue weighted by molar-refractivity contribution is -0.141. The van der Waals surface area contributed by atoms with Gasteiger partial charge in [-0.2, -0.15) is 0 Å². The first-order chi connectivity index (χ1) is 8.52. The predicted molar refractivity (Wildman–Crippen MR) is 65.4 cm³/mol. The van der Waals surface area contributed by atoms with Gasteiger partial charge in [-0.1, -0.05) is 0 Å². The summed E-state index contributed by atoms with van der Waals surface area (Å²) in [6, 6.07) is 3.73. The summed E-state index contributed by atoms with van der Waals surface area (Å²) < 4.78 is 18.7. The Labute approximate surface area is 106 Å². The number of hydrogen-bond acceptors (Lipinski definition) is 4. The maximum absolute atomic E-state index is 13.1. The first-order valence-electron chi connectivity index (χ1n) is 5.02. The number of carbonyl (C=O) groups is 1. The SMILES string of the molecule is COC(=O)Cn1c(=S)[nH]c2ccc(F)cc2c1=O. The van der Waals surface area contributed by atoms with Crippen LogP contribution in [0.3, 0.4) is 0 Å². The molecule has 1 aromatic carbocycles. The van der Waals surface area contributed by atoms with Gasteiger partial charge in [-0.3, -0.25) is 14.2 Å². The molecule has 1 N–H and O–H groups in total. The number of hydrogen-bond donors (Lipinski definition) is 1. The molecule has 1 heterocycles. The molecule has 0 unspecified atom stereocenters. The van der Waals surface area contributed by atoms with E-state index < -0.39 is 17.3 Å². The zero-order chi connectivity index (χ0) is 13.3. The summed E-state index contributed by atoms with van der Waals surface area (Å²) in [7, 11) is 1.21. The number of carbonyl (C=O) groups excluding carboxylic acids is 1. The fourth-order valence-corrected chi connectivity index (χ4v) is 1.82. The van der Waals surface area contributed by atoms with Crippen molar-refractivity contribution in [2.75, 3.05) is 7.11 Å². The number of H-pyrrole nitrogens is 1. The second kappa shape index (κ2) is 4.69. The van der Waals surface area contributed by atoms with Crippen LogP contribution in [0.25, 0.3) is 10.9 Å². The van der Waals surface area contributed by atoms with Crippen LogP contribution in [0.1, 0.15) is 0 Å².